The van der Waals surface area contributed by atoms with Crippen LogP contribution in [0, 0.1) is 0 Å². The number of benzene rings is 1. The third kappa shape index (κ3) is 4.42. The molecule has 2 rings (SSSR count). The summed E-state index contributed by atoms with van der Waals surface area (Å²) in [5, 5.41) is 0. The zero-order valence-corrected chi connectivity index (χ0v) is 13.1. The normalized spacial score (nSPS) is 14.8. The van der Waals surface area contributed by atoms with Crippen molar-refractivity contribution in [3.63, 3.8) is 0 Å². The number of allylic oxidation sites excluding steroid dienone is 1. The van der Waals surface area contributed by atoms with E-state index in [0.717, 1.165) is 30.9 Å². The first-order valence-corrected chi connectivity index (χ1v) is 7.51. The first-order valence-electron chi connectivity index (χ1n) is 7.51. The SMILES string of the molecule is CCN(CC)c1ccc(/C=C/C2=NC=CN=C(C)C2)cc1. The van der Waals surface area contributed by atoms with Gasteiger partial charge in [0.15, 0.2) is 0 Å². The molecule has 0 amide bonds. The van der Waals surface area contributed by atoms with Crippen LogP contribution >= 0.6 is 0 Å². The summed E-state index contributed by atoms with van der Waals surface area (Å²) in [6.07, 6.45) is 8.48. The van der Waals surface area contributed by atoms with Crippen LogP contribution in [0.4, 0.5) is 5.69 Å². The standard InChI is InChI=1S/C18H23N3/c1-4-21(5-2)18-10-7-16(8-11-18)6-9-17-14-15(3)19-12-13-20-17/h6-13H,4-5,14H2,1-3H3/b9-6+. The quantitative estimate of drug-likeness (QED) is 0.789. The lowest BCUT2D eigenvalue weighted by Crippen LogP contribution is -2.21. The monoisotopic (exact) mass is 281 g/mol. The minimum Gasteiger partial charge on any atom is -0.372 e. The minimum absolute atomic E-state index is 0.807. The van der Waals surface area contributed by atoms with Crippen LogP contribution in [0.3, 0.4) is 0 Å². The first-order chi connectivity index (χ1) is 10.2. The molecule has 21 heavy (non-hydrogen) atoms. The number of hydrogen-bond donors (Lipinski definition) is 0. The molecule has 0 saturated heterocycles. The Balaban J connectivity index is 2.06. The number of nitrogens with zero attached hydrogens (tertiary/aromatic N) is 3. The van der Waals surface area contributed by atoms with Crippen LogP contribution in [0.1, 0.15) is 32.8 Å². The van der Waals surface area contributed by atoms with Crippen molar-refractivity contribution in [2.24, 2.45) is 9.98 Å². The Hall–Kier alpha value is -2.16. The average Bonchev–Trinajstić information content (AvgIpc) is 2.72. The van der Waals surface area contributed by atoms with Crippen LogP contribution in [0.5, 0.6) is 0 Å². The molecule has 0 saturated carbocycles. The molecular weight excluding hydrogens is 258 g/mol. The number of anilines is 1. The van der Waals surface area contributed by atoms with Crippen molar-refractivity contribution < 1.29 is 0 Å². The Bertz CT molecular complexity index is 573. The third-order valence-electron chi connectivity index (χ3n) is 3.53. The largest absolute Gasteiger partial charge is 0.372 e. The van der Waals surface area contributed by atoms with Crippen LogP contribution in [0.25, 0.3) is 6.08 Å². The van der Waals surface area contributed by atoms with E-state index >= 15 is 0 Å². The maximum atomic E-state index is 4.39. The Morgan fingerprint density at radius 3 is 2.33 bits per heavy atom. The van der Waals surface area contributed by atoms with E-state index in [-0.39, 0.29) is 0 Å². The Labute approximate surface area is 127 Å². The van der Waals surface area contributed by atoms with Gasteiger partial charge in [-0.3, -0.25) is 9.98 Å². The smallest absolute Gasteiger partial charge is 0.0460 e. The van der Waals surface area contributed by atoms with Gasteiger partial charge in [0.25, 0.3) is 0 Å². The molecule has 1 aromatic carbocycles. The van der Waals surface area contributed by atoms with Crippen molar-refractivity contribution in [3.8, 4) is 0 Å². The second-order valence-corrected chi connectivity index (χ2v) is 5.06. The molecule has 0 atom stereocenters. The van der Waals surface area contributed by atoms with Crippen molar-refractivity contribution in [1.29, 1.82) is 0 Å². The van der Waals surface area contributed by atoms with Crippen LogP contribution in [-0.4, -0.2) is 24.5 Å². The predicted octanol–water partition coefficient (Wildman–Crippen LogP) is 4.32. The molecule has 1 aromatic rings. The summed E-state index contributed by atoms with van der Waals surface area (Å²) < 4.78 is 0. The molecule has 1 aliphatic heterocycles. The lowest BCUT2D eigenvalue weighted by atomic mass is 10.1. The summed E-state index contributed by atoms with van der Waals surface area (Å²) in [5.41, 5.74) is 4.59. The van der Waals surface area contributed by atoms with E-state index in [4.69, 9.17) is 0 Å². The molecule has 1 aliphatic rings. The van der Waals surface area contributed by atoms with Gasteiger partial charge in [-0.05, 0) is 44.5 Å². The fourth-order valence-corrected chi connectivity index (χ4v) is 2.32. The Kier molecular flexibility index (Phi) is 5.50. The van der Waals surface area contributed by atoms with Crippen LogP contribution in [-0.2, 0) is 0 Å². The van der Waals surface area contributed by atoms with E-state index in [9.17, 15) is 0 Å². The Morgan fingerprint density at radius 1 is 1.00 bits per heavy atom. The fourth-order valence-electron chi connectivity index (χ4n) is 2.32. The summed E-state index contributed by atoms with van der Waals surface area (Å²) in [7, 11) is 0. The molecule has 0 radical (unpaired) electrons. The summed E-state index contributed by atoms with van der Waals surface area (Å²) in [5.74, 6) is 0. The Morgan fingerprint density at radius 2 is 1.67 bits per heavy atom. The highest BCUT2D eigenvalue weighted by Gasteiger charge is 2.01. The molecule has 1 heterocycles. The summed E-state index contributed by atoms with van der Waals surface area (Å²) in [6.45, 7) is 8.45. The zero-order valence-electron chi connectivity index (χ0n) is 13.1. The van der Waals surface area contributed by atoms with E-state index in [1.165, 1.54) is 11.3 Å². The predicted molar refractivity (Wildman–Crippen MR) is 93.3 cm³/mol. The maximum absolute atomic E-state index is 4.39. The molecule has 3 nitrogen and oxygen atoms in total. The second kappa shape index (κ2) is 7.58. The van der Waals surface area contributed by atoms with Crippen molar-refractivity contribution >= 4 is 23.2 Å². The molecule has 0 N–H and O–H groups in total. The highest BCUT2D eigenvalue weighted by molar-refractivity contribution is 6.11. The van der Waals surface area contributed by atoms with Gasteiger partial charge in [0.05, 0.1) is 0 Å². The van der Waals surface area contributed by atoms with E-state index in [1.807, 2.05) is 6.92 Å². The molecule has 110 valence electrons. The summed E-state index contributed by atoms with van der Waals surface area (Å²) >= 11 is 0. The van der Waals surface area contributed by atoms with Gasteiger partial charge in [-0.1, -0.05) is 18.2 Å². The lowest BCUT2D eigenvalue weighted by Gasteiger charge is -2.20. The summed E-state index contributed by atoms with van der Waals surface area (Å²) in [6, 6.07) is 8.65. The maximum Gasteiger partial charge on any atom is 0.0460 e. The van der Waals surface area contributed by atoms with Crippen LogP contribution in [0.2, 0.25) is 0 Å². The van der Waals surface area contributed by atoms with E-state index < -0.39 is 0 Å². The van der Waals surface area contributed by atoms with Gasteiger partial charge < -0.3 is 4.90 Å². The van der Waals surface area contributed by atoms with Gasteiger partial charge in [0, 0.05) is 49.0 Å². The highest BCUT2D eigenvalue weighted by Crippen LogP contribution is 2.16. The number of aliphatic imine (C=N–C) groups is 2. The minimum atomic E-state index is 0.807. The van der Waals surface area contributed by atoms with Crippen molar-refractivity contribution in [2.75, 3.05) is 18.0 Å². The van der Waals surface area contributed by atoms with Crippen molar-refractivity contribution in [1.82, 2.24) is 0 Å². The van der Waals surface area contributed by atoms with Gasteiger partial charge >= 0.3 is 0 Å². The summed E-state index contributed by atoms with van der Waals surface area (Å²) in [4.78, 5) is 11.0. The topological polar surface area (TPSA) is 28.0 Å². The molecule has 0 unspecified atom stereocenters. The molecule has 0 fully saturated rings. The van der Waals surface area contributed by atoms with Crippen molar-refractivity contribution in [3.05, 3.63) is 48.3 Å². The van der Waals surface area contributed by atoms with E-state index in [0.29, 0.717) is 0 Å². The molecule has 0 bridgehead atoms. The highest BCUT2D eigenvalue weighted by atomic mass is 15.1. The zero-order chi connectivity index (χ0) is 15.1. The van der Waals surface area contributed by atoms with Gasteiger partial charge in [0.1, 0.15) is 0 Å². The number of rotatable bonds is 5. The van der Waals surface area contributed by atoms with Gasteiger partial charge in [-0.2, -0.15) is 0 Å². The van der Waals surface area contributed by atoms with Crippen LogP contribution < -0.4 is 4.90 Å². The van der Waals surface area contributed by atoms with Crippen molar-refractivity contribution in [2.45, 2.75) is 27.2 Å². The molecule has 0 spiro atoms. The average molecular weight is 281 g/mol. The molecule has 0 aromatic heterocycles. The van der Waals surface area contributed by atoms with Gasteiger partial charge in [-0.15, -0.1) is 0 Å². The van der Waals surface area contributed by atoms with Gasteiger partial charge in [0.2, 0.25) is 0 Å². The lowest BCUT2D eigenvalue weighted by molar-refractivity contribution is 0.866. The molecular formula is C18H23N3. The first kappa shape index (κ1) is 15.2. The van der Waals surface area contributed by atoms with E-state index in [2.05, 4.69) is 65.1 Å². The molecule has 3 heteroatoms. The molecule has 0 aliphatic carbocycles. The van der Waals surface area contributed by atoms with E-state index in [1.54, 1.807) is 12.4 Å². The fraction of sp³-hybridized carbons (Fsp3) is 0.333. The second-order valence-electron chi connectivity index (χ2n) is 5.06. The third-order valence-corrected chi connectivity index (χ3v) is 3.53. The van der Waals surface area contributed by atoms with Gasteiger partial charge in [-0.25, -0.2) is 0 Å². The van der Waals surface area contributed by atoms with Crippen LogP contribution in [0.15, 0.2) is 52.7 Å². The number of hydrogen-bond acceptors (Lipinski definition) is 3.